The van der Waals surface area contributed by atoms with Gasteiger partial charge in [0.05, 0.1) is 17.6 Å². The lowest BCUT2D eigenvalue weighted by atomic mass is 10.3. The highest BCUT2D eigenvalue weighted by Gasteiger charge is 2.25. The van der Waals surface area contributed by atoms with Gasteiger partial charge < -0.3 is 4.74 Å². The Morgan fingerprint density at radius 2 is 2.16 bits per heavy atom. The molecule has 0 radical (unpaired) electrons. The van der Waals surface area contributed by atoms with Gasteiger partial charge in [-0.05, 0) is 0 Å². The minimum absolute atomic E-state index is 0.109. The molecule has 0 bridgehead atoms. The van der Waals surface area contributed by atoms with Gasteiger partial charge >= 0.3 is 0 Å². The number of rotatable bonds is 5. The molecule has 1 aromatic rings. The topological polar surface area (TPSA) is 86.5 Å². The van der Waals surface area contributed by atoms with E-state index in [4.69, 9.17) is 21.8 Å². The molecular formula is C10H7ClFNO5S. The molecule has 0 spiro atoms. The number of halogens is 2. The van der Waals surface area contributed by atoms with Crippen LogP contribution in [0.4, 0.5) is 10.1 Å². The van der Waals surface area contributed by atoms with Crippen LogP contribution in [-0.4, -0.2) is 19.9 Å². The second kappa shape index (κ2) is 5.86. The summed E-state index contributed by atoms with van der Waals surface area (Å²) in [6.45, 7) is -0.148. The Labute approximate surface area is 112 Å². The van der Waals surface area contributed by atoms with Gasteiger partial charge in [-0.15, -0.1) is 12.3 Å². The van der Waals surface area contributed by atoms with E-state index in [2.05, 4.69) is 5.92 Å². The number of nitro benzene ring substituents is 1. The summed E-state index contributed by atoms with van der Waals surface area (Å²) < 4.78 is 41.0. The number of hydrogen-bond acceptors (Lipinski definition) is 5. The highest BCUT2D eigenvalue weighted by atomic mass is 35.7. The maximum atomic E-state index is 13.6. The van der Waals surface area contributed by atoms with Crippen LogP contribution in [0.3, 0.4) is 0 Å². The maximum Gasteiger partial charge on any atom is 0.273 e. The fraction of sp³-hybridized carbons (Fsp3) is 0.200. The number of nitro groups is 1. The van der Waals surface area contributed by atoms with Gasteiger partial charge in [0.15, 0.2) is 11.6 Å². The largest absolute Gasteiger partial charge is 0.488 e. The van der Waals surface area contributed by atoms with Crippen molar-refractivity contribution < 1.29 is 22.5 Å². The average Bonchev–Trinajstić information content (AvgIpc) is 2.29. The van der Waals surface area contributed by atoms with Crippen LogP contribution in [0.5, 0.6) is 5.75 Å². The summed E-state index contributed by atoms with van der Waals surface area (Å²) in [4.78, 5) is 8.79. The molecule has 0 saturated carbocycles. The van der Waals surface area contributed by atoms with Gasteiger partial charge in [-0.25, -0.2) is 12.8 Å². The Bertz CT molecular complexity index is 653. The molecule has 0 aliphatic carbocycles. The molecule has 0 fully saturated rings. The molecule has 0 unspecified atom stereocenters. The van der Waals surface area contributed by atoms with E-state index in [-0.39, 0.29) is 13.0 Å². The molecule has 0 aliphatic rings. The van der Waals surface area contributed by atoms with E-state index in [9.17, 15) is 22.9 Å². The molecule has 1 rings (SSSR count). The zero-order valence-corrected chi connectivity index (χ0v) is 10.9. The predicted molar refractivity (Wildman–Crippen MR) is 65.0 cm³/mol. The molecule has 102 valence electrons. The van der Waals surface area contributed by atoms with E-state index in [1.807, 2.05) is 0 Å². The summed E-state index contributed by atoms with van der Waals surface area (Å²) in [7, 11) is 0.690. The Kier molecular flexibility index (Phi) is 4.69. The SMILES string of the molecule is C#CCCOc1c(F)cc([N+](=O)[O-])cc1S(=O)(=O)Cl. The van der Waals surface area contributed by atoms with E-state index in [1.165, 1.54) is 0 Å². The molecule has 0 amide bonds. The van der Waals surface area contributed by atoms with Crippen molar-refractivity contribution in [2.75, 3.05) is 6.61 Å². The van der Waals surface area contributed by atoms with Crippen LogP contribution >= 0.6 is 10.7 Å². The van der Waals surface area contributed by atoms with Crippen LogP contribution in [0.15, 0.2) is 17.0 Å². The quantitative estimate of drug-likeness (QED) is 0.273. The monoisotopic (exact) mass is 307 g/mol. The van der Waals surface area contributed by atoms with Crippen LogP contribution in [-0.2, 0) is 9.05 Å². The van der Waals surface area contributed by atoms with Crippen molar-refractivity contribution in [3.05, 3.63) is 28.1 Å². The summed E-state index contributed by atoms with van der Waals surface area (Å²) >= 11 is 0. The number of ether oxygens (including phenoxy) is 1. The maximum absolute atomic E-state index is 13.6. The summed E-state index contributed by atoms with van der Waals surface area (Å²) in [5.41, 5.74) is -0.749. The summed E-state index contributed by atoms with van der Waals surface area (Å²) in [5, 5.41) is 10.5. The average molecular weight is 308 g/mol. The summed E-state index contributed by atoms with van der Waals surface area (Å²) in [6.07, 6.45) is 5.07. The second-order valence-corrected chi connectivity index (χ2v) is 5.79. The van der Waals surface area contributed by atoms with Crippen molar-refractivity contribution in [2.24, 2.45) is 0 Å². The van der Waals surface area contributed by atoms with Gasteiger partial charge in [0.2, 0.25) is 0 Å². The van der Waals surface area contributed by atoms with Crippen molar-refractivity contribution in [3.8, 4) is 18.1 Å². The van der Waals surface area contributed by atoms with Gasteiger partial charge in [0.25, 0.3) is 14.7 Å². The lowest BCUT2D eigenvalue weighted by Crippen LogP contribution is -2.05. The van der Waals surface area contributed by atoms with Crippen molar-refractivity contribution in [1.29, 1.82) is 0 Å². The first kappa shape index (κ1) is 15.2. The third-order valence-corrected chi connectivity index (χ3v) is 3.29. The van der Waals surface area contributed by atoms with Crippen molar-refractivity contribution >= 4 is 25.4 Å². The van der Waals surface area contributed by atoms with Gasteiger partial charge in [-0.2, -0.15) is 0 Å². The van der Waals surface area contributed by atoms with Gasteiger partial charge in [0, 0.05) is 23.2 Å². The molecule has 0 heterocycles. The van der Waals surface area contributed by atoms with Crippen LogP contribution in [0, 0.1) is 28.3 Å². The Hall–Kier alpha value is -1.85. The fourth-order valence-corrected chi connectivity index (χ4v) is 2.18. The van der Waals surface area contributed by atoms with Crippen LogP contribution in [0.25, 0.3) is 0 Å². The molecule has 0 atom stereocenters. The van der Waals surface area contributed by atoms with Crippen LogP contribution in [0.1, 0.15) is 6.42 Å². The first-order valence-corrected chi connectivity index (χ1v) is 7.07. The van der Waals surface area contributed by atoms with E-state index in [0.717, 1.165) is 0 Å². The smallest absolute Gasteiger partial charge is 0.273 e. The summed E-state index contributed by atoms with van der Waals surface area (Å²) in [6, 6.07) is 1.16. The Morgan fingerprint density at radius 1 is 1.53 bits per heavy atom. The Morgan fingerprint density at radius 3 is 2.63 bits per heavy atom. The molecule has 0 saturated heterocycles. The third-order valence-electron chi connectivity index (χ3n) is 1.96. The molecule has 19 heavy (non-hydrogen) atoms. The van der Waals surface area contributed by atoms with Gasteiger partial charge in [0.1, 0.15) is 4.90 Å². The molecule has 0 aliphatic heterocycles. The lowest BCUT2D eigenvalue weighted by molar-refractivity contribution is -0.385. The lowest BCUT2D eigenvalue weighted by Gasteiger charge is -2.09. The number of terminal acetylenes is 1. The number of hydrogen-bond donors (Lipinski definition) is 0. The normalized spacial score (nSPS) is 10.8. The van der Waals surface area contributed by atoms with Crippen LogP contribution < -0.4 is 4.74 Å². The molecule has 6 nitrogen and oxygen atoms in total. The first-order chi connectivity index (χ1) is 8.77. The van der Waals surface area contributed by atoms with E-state index in [1.54, 1.807) is 0 Å². The molecule has 0 N–H and O–H groups in total. The molecule has 1 aromatic carbocycles. The summed E-state index contributed by atoms with van der Waals surface area (Å²) in [5.74, 6) is 0.319. The minimum Gasteiger partial charge on any atom is -0.488 e. The van der Waals surface area contributed by atoms with Crippen molar-refractivity contribution in [3.63, 3.8) is 0 Å². The first-order valence-electron chi connectivity index (χ1n) is 4.76. The molecule has 0 aromatic heterocycles. The van der Waals surface area contributed by atoms with Gasteiger partial charge in [-0.1, -0.05) is 0 Å². The zero-order chi connectivity index (χ0) is 14.6. The van der Waals surface area contributed by atoms with Crippen LogP contribution in [0.2, 0.25) is 0 Å². The van der Waals surface area contributed by atoms with E-state index >= 15 is 0 Å². The predicted octanol–water partition coefficient (Wildman–Crippen LogP) is 2.06. The van der Waals surface area contributed by atoms with E-state index < -0.39 is 36.1 Å². The Balaban J connectivity index is 3.37. The number of nitrogens with zero attached hydrogens (tertiary/aromatic N) is 1. The zero-order valence-electron chi connectivity index (χ0n) is 9.30. The highest BCUT2D eigenvalue weighted by Crippen LogP contribution is 2.33. The van der Waals surface area contributed by atoms with E-state index in [0.29, 0.717) is 12.1 Å². The van der Waals surface area contributed by atoms with Gasteiger partial charge in [-0.3, -0.25) is 10.1 Å². The third kappa shape index (κ3) is 3.81. The minimum atomic E-state index is -4.40. The fourth-order valence-electron chi connectivity index (χ4n) is 1.19. The molecular weight excluding hydrogens is 301 g/mol. The molecule has 9 heteroatoms. The number of benzene rings is 1. The highest BCUT2D eigenvalue weighted by molar-refractivity contribution is 8.13. The van der Waals surface area contributed by atoms with Crippen molar-refractivity contribution in [1.82, 2.24) is 0 Å². The number of non-ortho nitro benzene ring substituents is 1. The second-order valence-electron chi connectivity index (χ2n) is 3.25. The van der Waals surface area contributed by atoms with Crippen molar-refractivity contribution in [2.45, 2.75) is 11.3 Å². The standard InChI is InChI=1S/C10H7ClFNO5S/c1-2-3-4-18-10-8(12)5-7(13(14)15)6-9(10)19(11,16)17/h1,5-6H,3-4H2.